The predicted octanol–water partition coefficient (Wildman–Crippen LogP) is 2.07. The number of hydrogen-bond donors (Lipinski definition) is 1. The van der Waals surface area contributed by atoms with E-state index in [0.717, 1.165) is 0 Å². The summed E-state index contributed by atoms with van der Waals surface area (Å²) < 4.78 is 15.7. The van der Waals surface area contributed by atoms with Crippen molar-refractivity contribution in [2.45, 2.75) is 44.8 Å². The van der Waals surface area contributed by atoms with E-state index in [-0.39, 0.29) is 11.3 Å². The molecule has 0 aromatic carbocycles. The quantitative estimate of drug-likeness (QED) is 0.854. The van der Waals surface area contributed by atoms with E-state index in [1.807, 2.05) is 20.8 Å². The fourth-order valence-corrected chi connectivity index (χ4v) is 1.40. The van der Waals surface area contributed by atoms with Crippen molar-refractivity contribution in [3.8, 4) is 0 Å². The van der Waals surface area contributed by atoms with Crippen LogP contribution in [0.1, 0.15) is 40.4 Å². The Morgan fingerprint density at radius 1 is 1.39 bits per heavy atom. The lowest BCUT2D eigenvalue weighted by Crippen LogP contribution is -2.43. The molecule has 0 spiro atoms. The van der Waals surface area contributed by atoms with Gasteiger partial charge in [0.15, 0.2) is 10.6 Å². The second kappa shape index (κ2) is 4.93. The average Bonchev–Trinajstić information content (AvgIpc) is 2.65. The van der Waals surface area contributed by atoms with Gasteiger partial charge in [-0.05, 0) is 25.0 Å². The molecular weight excluding hydrogens is 252 g/mol. The molecule has 18 heavy (non-hydrogen) atoms. The zero-order chi connectivity index (χ0) is 14.1. The van der Waals surface area contributed by atoms with Crippen molar-refractivity contribution in [1.29, 1.82) is 0 Å². The van der Waals surface area contributed by atoms with Crippen LogP contribution in [0.15, 0.2) is 10.6 Å². The third-order valence-corrected chi connectivity index (χ3v) is 4.38. The summed E-state index contributed by atoms with van der Waals surface area (Å²) in [6, 6.07) is 1.69. The molecule has 5 nitrogen and oxygen atoms in total. The van der Waals surface area contributed by atoms with Crippen molar-refractivity contribution in [2.75, 3.05) is 11.6 Å². The molecule has 102 valence electrons. The van der Waals surface area contributed by atoms with Crippen molar-refractivity contribution in [2.24, 2.45) is 0 Å². The van der Waals surface area contributed by atoms with Gasteiger partial charge in [-0.25, -0.2) is 0 Å². The lowest BCUT2D eigenvalue weighted by atomic mass is 9.93. The van der Waals surface area contributed by atoms with Gasteiger partial charge in [-0.3, -0.25) is 4.79 Å². The minimum Gasteiger partial charge on any atom is -0.616 e. The van der Waals surface area contributed by atoms with E-state index in [9.17, 15) is 9.35 Å². The SMILES string of the molecule is C[S+]([O-])C(C)(C)C(=O)Nc1cc(C(C)(C)C)on1. The average molecular weight is 272 g/mol. The largest absolute Gasteiger partial charge is 0.616 e. The highest BCUT2D eigenvalue weighted by Crippen LogP contribution is 2.25. The normalized spacial score (nSPS) is 14.4. The Morgan fingerprint density at radius 2 is 1.94 bits per heavy atom. The highest BCUT2D eigenvalue weighted by Gasteiger charge is 2.38. The van der Waals surface area contributed by atoms with E-state index in [1.165, 1.54) is 6.26 Å². The zero-order valence-electron chi connectivity index (χ0n) is 11.7. The number of nitrogens with one attached hydrogen (secondary N) is 1. The van der Waals surface area contributed by atoms with Gasteiger partial charge in [-0.15, -0.1) is 0 Å². The van der Waals surface area contributed by atoms with Gasteiger partial charge < -0.3 is 14.4 Å². The lowest BCUT2D eigenvalue weighted by molar-refractivity contribution is -0.117. The summed E-state index contributed by atoms with van der Waals surface area (Å²) in [5, 5.41) is 6.41. The van der Waals surface area contributed by atoms with Crippen LogP contribution in [0.2, 0.25) is 0 Å². The highest BCUT2D eigenvalue weighted by atomic mass is 32.2. The minimum atomic E-state index is -1.26. The molecule has 0 saturated carbocycles. The Hall–Kier alpha value is -1.01. The minimum absolute atomic E-state index is 0.168. The van der Waals surface area contributed by atoms with Crippen LogP contribution in [0.5, 0.6) is 0 Å². The van der Waals surface area contributed by atoms with E-state index >= 15 is 0 Å². The van der Waals surface area contributed by atoms with Crippen LogP contribution in [-0.2, 0) is 21.4 Å². The molecule has 0 radical (unpaired) electrons. The van der Waals surface area contributed by atoms with Crippen LogP contribution in [0.3, 0.4) is 0 Å². The van der Waals surface area contributed by atoms with Gasteiger partial charge in [0.2, 0.25) is 0 Å². The standard InChI is InChI=1S/C12H20N2O3S/c1-11(2,3)8-7-9(14-17-8)13-10(15)12(4,5)18(6)16/h7H,1-6H3,(H,13,14,15). The second-order valence-electron chi connectivity index (χ2n) is 5.74. The second-order valence-corrected chi connectivity index (χ2v) is 7.67. The molecule has 0 bridgehead atoms. The molecule has 1 rings (SSSR count). The molecule has 1 atom stereocenters. The summed E-state index contributed by atoms with van der Waals surface area (Å²) >= 11 is -1.26. The molecule has 1 heterocycles. The summed E-state index contributed by atoms with van der Waals surface area (Å²) in [5.74, 6) is 0.703. The third-order valence-electron chi connectivity index (χ3n) is 2.76. The first-order valence-corrected chi connectivity index (χ1v) is 7.23. The lowest BCUT2D eigenvalue weighted by Gasteiger charge is -2.23. The predicted molar refractivity (Wildman–Crippen MR) is 72.0 cm³/mol. The van der Waals surface area contributed by atoms with Gasteiger partial charge in [0.1, 0.15) is 5.76 Å². The molecule has 0 fully saturated rings. The van der Waals surface area contributed by atoms with Gasteiger partial charge in [-0.1, -0.05) is 25.9 Å². The smallest absolute Gasteiger partial charge is 0.281 e. The van der Waals surface area contributed by atoms with Crippen LogP contribution < -0.4 is 5.32 Å². The van der Waals surface area contributed by atoms with Crippen molar-refractivity contribution in [3.63, 3.8) is 0 Å². The van der Waals surface area contributed by atoms with E-state index < -0.39 is 15.9 Å². The molecule has 0 saturated heterocycles. The van der Waals surface area contributed by atoms with Gasteiger partial charge in [0.25, 0.3) is 5.91 Å². The Labute approximate surface area is 110 Å². The van der Waals surface area contributed by atoms with E-state index in [4.69, 9.17) is 4.52 Å². The van der Waals surface area contributed by atoms with E-state index in [2.05, 4.69) is 10.5 Å². The third kappa shape index (κ3) is 3.26. The number of aromatic nitrogens is 1. The van der Waals surface area contributed by atoms with E-state index in [0.29, 0.717) is 11.6 Å². The molecule has 1 amide bonds. The van der Waals surface area contributed by atoms with Crippen LogP contribution in [0, 0.1) is 0 Å². The van der Waals surface area contributed by atoms with Gasteiger partial charge in [0.05, 0.1) is 6.26 Å². The molecule has 1 N–H and O–H groups in total. The number of amides is 1. The number of carbonyl (C=O) groups excluding carboxylic acids is 1. The van der Waals surface area contributed by atoms with Crippen LogP contribution in [0.4, 0.5) is 5.82 Å². The Bertz CT molecular complexity index is 433. The van der Waals surface area contributed by atoms with Crippen molar-refractivity contribution < 1.29 is 13.9 Å². The Balaban J connectivity index is 2.81. The number of anilines is 1. The maximum absolute atomic E-state index is 11.9. The Morgan fingerprint density at radius 3 is 2.33 bits per heavy atom. The number of hydrogen-bond acceptors (Lipinski definition) is 4. The molecule has 1 aromatic rings. The number of carbonyl (C=O) groups is 1. The number of rotatable bonds is 3. The summed E-state index contributed by atoms with van der Waals surface area (Å²) in [4.78, 5) is 11.9. The fourth-order valence-electron chi connectivity index (χ4n) is 1.08. The summed E-state index contributed by atoms with van der Waals surface area (Å²) in [5.41, 5.74) is -0.168. The summed E-state index contributed by atoms with van der Waals surface area (Å²) in [6.07, 6.45) is 1.50. The fraction of sp³-hybridized carbons (Fsp3) is 0.667. The van der Waals surface area contributed by atoms with Crippen LogP contribution in [0.25, 0.3) is 0 Å². The highest BCUT2D eigenvalue weighted by molar-refractivity contribution is 7.92. The molecule has 6 heteroatoms. The maximum Gasteiger partial charge on any atom is 0.281 e. The topological polar surface area (TPSA) is 78.2 Å². The monoisotopic (exact) mass is 272 g/mol. The van der Waals surface area contributed by atoms with Crippen molar-refractivity contribution in [1.82, 2.24) is 5.16 Å². The summed E-state index contributed by atoms with van der Waals surface area (Å²) in [6.45, 7) is 9.23. The first kappa shape index (κ1) is 15.0. The first-order valence-electron chi connectivity index (χ1n) is 5.67. The zero-order valence-corrected chi connectivity index (χ0v) is 12.5. The van der Waals surface area contributed by atoms with Gasteiger partial charge in [-0.2, -0.15) is 0 Å². The van der Waals surface area contributed by atoms with Gasteiger partial charge >= 0.3 is 0 Å². The molecule has 1 aromatic heterocycles. The molecule has 0 aliphatic carbocycles. The first-order chi connectivity index (χ1) is 8.05. The molecule has 1 unspecified atom stereocenters. The number of nitrogens with zero attached hydrogens (tertiary/aromatic N) is 1. The van der Waals surface area contributed by atoms with Crippen LogP contribution in [-0.4, -0.2) is 26.6 Å². The molecular formula is C12H20N2O3S. The molecule has 0 aliphatic heterocycles. The van der Waals surface area contributed by atoms with Gasteiger partial charge in [0, 0.05) is 11.5 Å². The van der Waals surface area contributed by atoms with Crippen molar-refractivity contribution in [3.05, 3.63) is 11.8 Å². The summed E-state index contributed by atoms with van der Waals surface area (Å²) in [7, 11) is 0. The Kier molecular flexibility index (Phi) is 4.12. The van der Waals surface area contributed by atoms with Crippen molar-refractivity contribution >= 4 is 22.9 Å². The van der Waals surface area contributed by atoms with E-state index in [1.54, 1.807) is 19.9 Å². The van der Waals surface area contributed by atoms with Crippen LogP contribution >= 0.6 is 0 Å². The maximum atomic E-state index is 11.9. The molecule has 0 aliphatic rings.